The minimum atomic E-state index is -0.109. The molecule has 0 aliphatic heterocycles. The van der Waals surface area contributed by atoms with Crippen molar-refractivity contribution in [3.05, 3.63) is 4.91 Å². The van der Waals surface area contributed by atoms with Gasteiger partial charge < -0.3 is 0 Å². The molecule has 1 atom stereocenters. The smallest absolute Gasteiger partial charge is 0.0997 e. The van der Waals surface area contributed by atoms with Gasteiger partial charge in [-0.2, -0.15) is 4.91 Å². The van der Waals surface area contributed by atoms with Crippen LogP contribution >= 0.6 is 22.9 Å². The van der Waals surface area contributed by atoms with E-state index in [0.29, 0.717) is 6.54 Å². The highest BCUT2D eigenvalue weighted by Gasteiger charge is 2.19. The highest BCUT2D eigenvalue weighted by atomic mass is 127. The van der Waals surface area contributed by atoms with Crippen LogP contribution in [-0.4, -0.2) is 12.1 Å². The van der Waals surface area contributed by atoms with Crippen LogP contribution in [0.4, 0.5) is 0 Å². The van der Waals surface area contributed by atoms with Crippen LogP contribution in [0.3, 0.4) is 0 Å². The van der Waals surface area contributed by atoms with Gasteiger partial charge >= 0.3 is 0 Å². The maximum Gasteiger partial charge on any atom is 0.0997 e. The summed E-state index contributed by atoms with van der Waals surface area (Å²) in [7, 11) is 0. The van der Waals surface area contributed by atoms with E-state index in [4.69, 9.17) is 0 Å². The molecule has 0 fully saturated rings. The van der Waals surface area contributed by atoms with Gasteiger partial charge in [-0.3, -0.25) is 3.53 Å². The van der Waals surface area contributed by atoms with Crippen molar-refractivity contribution in [3.63, 3.8) is 0 Å². The van der Waals surface area contributed by atoms with Crippen molar-refractivity contribution in [3.8, 4) is 0 Å². The second kappa shape index (κ2) is 4.16. The van der Waals surface area contributed by atoms with Crippen molar-refractivity contribution in [2.24, 2.45) is 5.18 Å². The topological polar surface area (TPSA) is 41.5 Å². The molecule has 4 heteroatoms. The predicted molar refractivity (Wildman–Crippen MR) is 46.5 cm³/mol. The Balaban J connectivity index is 3.75. The fourth-order valence-corrected chi connectivity index (χ4v) is 0.903. The summed E-state index contributed by atoms with van der Waals surface area (Å²) in [6.45, 7) is 4.34. The van der Waals surface area contributed by atoms with E-state index in [1.54, 1.807) is 0 Å². The summed E-state index contributed by atoms with van der Waals surface area (Å²) in [5, 5.41) is 2.83. The van der Waals surface area contributed by atoms with Crippen LogP contribution in [0, 0.1) is 4.91 Å². The maximum atomic E-state index is 9.84. The number of nitrogens with one attached hydrogen (secondary N) is 1. The molecule has 0 saturated carbocycles. The van der Waals surface area contributed by atoms with Crippen LogP contribution in [0.2, 0.25) is 0 Å². The quantitative estimate of drug-likeness (QED) is 0.464. The number of rotatable bonds is 4. The first-order valence-corrected chi connectivity index (χ1v) is 3.93. The first-order chi connectivity index (χ1) is 4.18. The molecule has 0 aliphatic carbocycles. The van der Waals surface area contributed by atoms with E-state index in [1.807, 2.05) is 36.7 Å². The highest BCUT2D eigenvalue weighted by Crippen LogP contribution is 2.10. The van der Waals surface area contributed by atoms with E-state index in [1.165, 1.54) is 0 Å². The third kappa shape index (κ3) is 3.10. The van der Waals surface area contributed by atoms with Crippen molar-refractivity contribution in [1.82, 2.24) is 3.53 Å². The van der Waals surface area contributed by atoms with Crippen molar-refractivity contribution >= 4 is 22.9 Å². The van der Waals surface area contributed by atoms with E-state index in [-0.39, 0.29) is 5.54 Å². The van der Waals surface area contributed by atoms with E-state index >= 15 is 0 Å². The number of nitroso groups, excluding NO2 is 1. The van der Waals surface area contributed by atoms with Crippen LogP contribution in [0.1, 0.15) is 20.3 Å². The van der Waals surface area contributed by atoms with Crippen molar-refractivity contribution in [1.29, 1.82) is 0 Å². The number of hydrogen-bond donors (Lipinski definition) is 1. The second-order valence-electron chi connectivity index (χ2n) is 2.30. The van der Waals surface area contributed by atoms with Crippen molar-refractivity contribution < 1.29 is 0 Å². The van der Waals surface area contributed by atoms with E-state index in [2.05, 4.69) is 8.71 Å². The molecule has 0 aromatic rings. The molecule has 0 amide bonds. The Labute approximate surface area is 69.1 Å². The fraction of sp³-hybridized carbons (Fsp3) is 1.00. The Bertz CT molecular complexity index is 93.0. The molecule has 3 nitrogen and oxygen atoms in total. The van der Waals surface area contributed by atoms with Crippen LogP contribution < -0.4 is 3.53 Å². The summed E-state index contributed by atoms with van der Waals surface area (Å²) >= 11 is 2.04. The zero-order chi connectivity index (χ0) is 7.33. The van der Waals surface area contributed by atoms with Gasteiger partial charge in [-0.15, -0.1) is 0 Å². The van der Waals surface area contributed by atoms with Gasteiger partial charge in [0.15, 0.2) is 0 Å². The van der Waals surface area contributed by atoms with Crippen molar-refractivity contribution in [2.45, 2.75) is 25.8 Å². The lowest BCUT2D eigenvalue weighted by atomic mass is 10.0. The van der Waals surface area contributed by atoms with Gasteiger partial charge in [0, 0.05) is 28.4 Å². The van der Waals surface area contributed by atoms with Crippen LogP contribution in [0.25, 0.3) is 0 Å². The third-order valence-corrected chi connectivity index (χ3v) is 2.72. The molecular formula is C5H11IN2O. The van der Waals surface area contributed by atoms with Crippen LogP contribution in [-0.2, 0) is 0 Å². The minimum absolute atomic E-state index is 0.109. The molecule has 0 saturated heterocycles. The van der Waals surface area contributed by atoms with Crippen LogP contribution in [0.5, 0.6) is 0 Å². The summed E-state index contributed by atoms with van der Waals surface area (Å²) in [6, 6.07) is 0. The van der Waals surface area contributed by atoms with Gasteiger partial charge in [-0.1, -0.05) is 12.1 Å². The van der Waals surface area contributed by atoms with Gasteiger partial charge in [0.2, 0.25) is 0 Å². The lowest BCUT2D eigenvalue weighted by Crippen LogP contribution is -2.38. The van der Waals surface area contributed by atoms with Gasteiger partial charge in [0.1, 0.15) is 0 Å². The summed E-state index contributed by atoms with van der Waals surface area (Å²) < 4.78 is 3.01. The predicted octanol–water partition coefficient (Wildman–Crippen LogP) is 1.86. The zero-order valence-corrected chi connectivity index (χ0v) is 7.81. The first kappa shape index (κ1) is 9.29. The molecule has 0 radical (unpaired) electrons. The Morgan fingerprint density at radius 2 is 2.33 bits per heavy atom. The van der Waals surface area contributed by atoms with Gasteiger partial charge in [0.05, 0.1) is 6.54 Å². The molecule has 9 heavy (non-hydrogen) atoms. The highest BCUT2D eigenvalue weighted by molar-refractivity contribution is 14.1. The molecule has 1 N–H and O–H groups in total. The van der Waals surface area contributed by atoms with Gasteiger partial charge in [-0.05, 0) is 13.3 Å². The van der Waals surface area contributed by atoms with Gasteiger partial charge in [-0.25, -0.2) is 0 Å². The van der Waals surface area contributed by atoms with E-state index < -0.39 is 0 Å². The average Bonchev–Trinajstić information content (AvgIpc) is 1.89. The molecule has 0 aromatic carbocycles. The molecule has 0 rings (SSSR count). The molecule has 0 bridgehead atoms. The Morgan fingerprint density at radius 3 is 2.44 bits per heavy atom. The summed E-state index contributed by atoms with van der Waals surface area (Å²) in [6.07, 6.45) is 0.918. The van der Waals surface area contributed by atoms with E-state index in [0.717, 1.165) is 6.42 Å². The second-order valence-corrected chi connectivity index (χ2v) is 2.84. The van der Waals surface area contributed by atoms with Crippen molar-refractivity contribution in [2.75, 3.05) is 6.54 Å². The average molecular weight is 242 g/mol. The molecule has 0 aromatic heterocycles. The van der Waals surface area contributed by atoms with Crippen LogP contribution in [0.15, 0.2) is 5.18 Å². The molecular weight excluding hydrogens is 231 g/mol. The lowest BCUT2D eigenvalue weighted by Gasteiger charge is -2.21. The Hall–Kier alpha value is 0.290. The number of hydrogen-bond acceptors (Lipinski definition) is 3. The number of halogens is 1. The largest absolute Gasteiger partial charge is 0.253 e. The SMILES string of the molecule is CCC(C)(CN=O)NI. The summed E-state index contributed by atoms with van der Waals surface area (Å²) in [4.78, 5) is 9.84. The molecule has 54 valence electrons. The van der Waals surface area contributed by atoms with Gasteiger partial charge in [0.25, 0.3) is 0 Å². The molecule has 0 spiro atoms. The Morgan fingerprint density at radius 1 is 1.78 bits per heavy atom. The Kier molecular flexibility index (Phi) is 4.29. The zero-order valence-electron chi connectivity index (χ0n) is 5.65. The summed E-state index contributed by atoms with van der Waals surface area (Å²) in [5.41, 5.74) is -0.109. The molecule has 0 aliphatic rings. The summed E-state index contributed by atoms with van der Waals surface area (Å²) in [5.74, 6) is 0. The van der Waals surface area contributed by atoms with E-state index in [9.17, 15) is 4.91 Å². The normalized spacial score (nSPS) is 16.8. The maximum absolute atomic E-state index is 9.84. The molecule has 1 unspecified atom stereocenters. The lowest BCUT2D eigenvalue weighted by molar-refractivity contribution is 0.442. The monoisotopic (exact) mass is 242 g/mol. The third-order valence-electron chi connectivity index (χ3n) is 1.42. The fourth-order valence-electron chi connectivity index (χ4n) is 0.351. The minimum Gasteiger partial charge on any atom is -0.253 e. The molecule has 0 heterocycles. The first-order valence-electron chi connectivity index (χ1n) is 2.85. The number of nitrogens with zero attached hydrogens (tertiary/aromatic N) is 1. The standard InChI is InChI=1S/C5H11IN2O/c1-3-5(2,8-6)4-7-9/h8H,3-4H2,1-2H3.